The maximum atomic E-state index is 11.7. The number of hydrogen-bond donors (Lipinski definition) is 1. The Bertz CT molecular complexity index is 431. The largest absolute Gasteiger partial charge is 0.480 e. The van der Waals surface area contributed by atoms with Gasteiger partial charge in [0.15, 0.2) is 0 Å². The van der Waals surface area contributed by atoms with Crippen molar-refractivity contribution in [1.29, 1.82) is 0 Å². The standard InChI is InChI=1S/C14H20N2O2/c1-10(11-4-5-11)16(3)14(2,13(17)18)12-6-8-15-9-7-12/h6-11H,4-5H2,1-3H3,(H,17,18). The highest BCUT2D eigenvalue weighted by Gasteiger charge is 2.44. The molecule has 18 heavy (non-hydrogen) atoms. The van der Waals surface area contributed by atoms with Crippen LogP contribution in [0.5, 0.6) is 0 Å². The first-order chi connectivity index (χ1) is 8.48. The molecule has 1 aliphatic carbocycles. The lowest BCUT2D eigenvalue weighted by Crippen LogP contribution is -2.52. The summed E-state index contributed by atoms with van der Waals surface area (Å²) in [6.07, 6.45) is 5.70. The van der Waals surface area contributed by atoms with Crippen molar-refractivity contribution in [1.82, 2.24) is 9.88 Å². The minimum atomic E-state index is -0.995. The Morgan fingerprint density at radius 1 is 1.50 bits per heavy atom. The maximum absolute atomic E-state index is 11.7. The van der Waals surface area contributed by atoms with E-state index < -0.39 is 11.5 Å². The van der Waals surface area contributed by atoms with Crippen molar-refractivity contribution in [2.45, 2.75) is 38.3 Å². The lowest BCUT2D eigenvalue weighted by atomic mass is 9.89. The third kappa shape index (κ3) is 2.12. The molecule has 1 aromatic heterocycles. The number of carboxylic acids is 1. The summed E-state index contributed by atoms with van der Waals surface area (Å²) in [5.41, 5.74) is -0.217. The van der Waals surface area contributed by atoms with Gasteiger partial charge >= 0.3 is 5.97 Å². The molecule has 0 saturated heterocycles. The van der Waals surface area contributed by atoms with Crippen LogP contribution in [-0.4, -0.2) is 34.0 Å². The fourth-order valence-corrected chi connectivity index (χ4v) is 2.46. The van der Waals surface area contributed by atoms with E-state index in [1.165, 1.54) is 12.8 Å². The molecule has 0 spiro atoms. The highest BCUT2D eigenvalue weighted by atomic mass is 16.4. The van der Waals surface area contributed by atoms with Crippen molar-refractivity contribution in [3.63, 3.8) is 0 Å². The maximum Gasteiger partial charge on any atom is 0.328 e. The van der Waals surface area contributed by atoms with Gasteiger partial charge in [0.2, 0.25) is 0 Å². The van der Waals surface area contributed by atoms with Crippen LogP contribution in [0.15, 0.2) is 24.5 Å². The third-order valence-electron chi connectivity index (χ3n) is 4.28. The van der Waals surface area contributed by atoms with Crippen LogP contribution in [-0.2, 0) is 10.3 Å². The number of rotatable bonds is 5. The van der Waals surface area contributed by atoms with Crippen LogP contribution < -0.4 is 0 Å². The van der Waals surface area contributed by atoms with Gasteiger partial charge in [-0.1, -0.05) is 0 Å². The Hall–Kier alpha value is -1.42. The molecular formula is C14H20N2O2. The van der Waals surface area contributed by atoms with E-state index in [9.17, 15) is 9.90 Å². The molecule has 1 saturated carbocycles. The summed E-state index contributed by atoms with van der Waals surface area (Å²) in [7, 11) is 1.90. The molecular weight excluding hydrogens is 228 g/mol. The second kappa shape index (κ2) is 4.69. The molecule has 4 nitrogen and oxygen atoms in total. The summed E-state index contributed by atoms with van der Waals surface area (Å²) >= 11 is 0. The lowest BCUT2D eigenvalue weighted by Gasteiger charge is -2.39. The van der Waals surface area contributed by atoms with E-state index in [0.717, 1.165) is 5.56 Å². The van der Waals surface area contributed by atoms with Crippen LogP contribution in [0.3, 0.4) is 0 Å². The van der Waals surface area contributed by atoms with Crippen LogP contribution in [0.25, 0.3) is 0 Å². The van der Waals surface area contributed by atoms with Crippen molar-refractivity contribution in [3.05, 3.63) is 30.1 Å². The van der Waals surface area contributed by atoms with Gasteiger partial charge in [-0.25, -0.2) is 4.79 Å². The van der Waals surface area contributed by atoms with Crippen LogP contribution in [0.4, 0.5) is 0 Å². The van der Waals surface area contributed by atoms with Crippen molar-refractivity contribution >= 4 is 5.97 Å². The van der Waals surface area contributed by atoms with Crippen LogP contribution >= 0.6 is 0 Å². The number of hydrogen-bond acceptors (Lipinski definition) is 3. The van der Waals surface area contributed by atoms with Gasteiger partial charge in [-0.15, -0.1) is 0 Å². The van der Waals surface area contributed by atoms with Crippen molar-refractivity contribution < 1.29 is 9.90 Å². The molecule has 0 amide bonds. The number of carboxylic acid groups (broad SMARTS) is 1. The molecule has 0 bridgehead atoms. The quantitative estimate of drug-likeness (QED) is 0.867. The molecule has 1 heterocycles. The Morgan fingerprint density at radius 2 is 2.06 bits per heavy atom. The molecule has 2 atom stereocenters. The zero-order chi connectivity index (χ0) is 13.3. The normalized spacial score (nSPS) is 20.4. The molecule has 0 aromatic carbocycles. The second-order valence-corrected chi connectivity index (χ2v) is 5.30. The minimum absolute atomic E-state index is 0.277. The molecule has 1 aliphatic rings. The predicted molar refractivity (Wildman–Crippen MR) is 69.2 cm³/mol. The van der Waals surface area contributed by atoms with Crippen LogP contribution in [0.1, 0.15) is 32.3 Å². The van der Waals surface area contributed by atoms with E-state index in [1.807, 2.05) is 11.9 Å². The highest BCUT2D eigenvalue weighted by Crippen LogP contribution is 2.39. The topological polar surface area (TPSA) is 53.4 Å². The Labute approximate surface area is 108 Å². The molecule has 1 aromatic rings. The molecule has 0 aliphatic heterocycles. The SMILES string of the molecule is CC(C1CC1)N(C)C(C)(C(=O)O)c1ccncc1. The van der Waals surface area contributed by atoms with E-state index in [-0.39, 0.29) is 6.04 Å². The summed E-state index contributed by atoms with van der Waals surface area (Å²) in [4.78, 5) is 17.7. The number of likely N-dealkylation sites (N-methyl/N-ethyl adjacent to an activating group) is 1. The second-order valence-electron chi connectivity index (χ2n) is 5.30. The molecule has 1 fully saturated rings. The lowest BCUT2D eigenvalue weighted by molar-refractivity contribution is -0.152. The first kappa shape index (κ1) is 13.0. The van der Waals surface area contributed by atoms with Gasteiger partial charge in [0, 0.05) is 18.4 Å². The predicted octanol–water partition coefficient (Wildman–Crippen LogP) is 2.11. The van der Waals surface area contributed by atoms with Crippen molar-refractivity contribution in [3.8, 4) is 0 Å². The molecule has 4 heteroatoms. The summed E-state index contributed by atoms with van der Waals surface area (Å²) < 4.78 is 0. The minimum Gasteiger partial charge on any atom is -0.480 e. The molecule has 2 rings (SSSR count). The molecule has 98 valence electrons. The number of carbonyl (C=O) groups is 1. The average Bonchev–Trinajstić information content (AvgIpc) is 3.21. The monoisotopic (exact) mass is 248 g/mol. The Morgan fingerprint density at radius 3 is 2.50 bits per heavy atom. The van der Waals surface area contributed by atoms with Gasteiger partial charge in [-0.05, 0) is 57.4 Å². The van der Waals surface area contributed by atoms with E-state index in [2.05, 4.69) is 11.9 Å². The van der Waals surface area contributed by atoms with Crippen LogP contribution in [0.2, 0.25) is 0 Å². The Balaban J connectivity index is 2.34. The average molecular weight is 248 g/mol. The van der Waals surface area contributed by atoms with Crippen LogP contribution in [0, 0.1) is 5.92 Å². The summed E-state index contributed by atoms with van der Waals surface area (Å²) in [6, 6.07) is 3.84. The fraction of sp³-hybridized carbons (Fsp3) is 0.571. The van der Waals surface area contributed by atoms with Gasteiger partial charge in [-0.2, -0.15) is 0 Å². The van der Waals surface area contributed by atoms with Gasteiger partial charge in [0.05, 0.1) is 0 Å². The molecule has 0 radical (unpaired) electrons. The van der Waals surface area contributed by atoms with E-state index >= 15 is 0 Å². The van der Waals surface area contributed by atoms with Crippen molar-refractivity contribution in [2.75, 3.05) is 7.05 Å². The van der Waals surface area contributed by atoms with Gasteiger partial charge in [0.25, 0.3) is 0 Å². The summed E-state index contributed by atoms with van der Waals surface area (Å²) in [5.74, 6) is -0.181. The fourth-order valence-electron chi connectivity index (χ4n) is 2.46. The summed E-state index contributed by atoms with van der Waals surface area (Å²) in [5, 5.41) is 9.65. The highest BCUT2D eigenvalue weighted by molar-refractivity contribution is 5.80. The van der Waals surface area contributed by atoms with E-state index in [0.29, 0.717) is 5.92 Å². The number of aliphatic carboxylic acids is 1. The smallest absolute Gasteiger partial charge is 0.328 e. The van der Waals surface area contributed by atoms with Gasteiger partial charge < -0.3 is 5.11 Å². The molecule has 1 N–H and O–H groups in total. The van der Waals surface area contributed by atoms with Gasteiger partial charge in [0.1, 0.15) is 5.54 Å². The first-order valence-corrected chi connectivity index (χ1v) is 6.34. The summed E-state index contributed by atoms with van der Waals surface area (Å²) in [6.45, 7) is 3.88. The zero-order valence-corrected chi connectivity index (χ0v) is 11.1. The molecule has 2 unspecified atom stereocenters. The first-order valence-electron chi connectivity index (χ1n) is 6.34. The van der Waals surface area contributed by atoms with E-state index in [4.69, 9.17) is 0 Å². The zero-order valence-electron chi connectivity index (χ0n) is 11.1. The van der Waals surface area contributed by atoms with Crippen molar-refractivity contribution in [2.24, 2.45) is 5.92 Å². The number of aromatic nitrogens is 1. The number of pyridine rings is 1. The van der Waals surface area contributed by atoms with Gasteiger partial charge in [-0.3, -0.25) is 9.88 Å². The Kier molecular flexibility index (Phi) is 3.39. The third-order valence-corrected chi connectivity index (χ3v) is 4.28. The van der Waals surface area contributed by atoms with E-state index in [1.54, 1.807) is 31.5 Å². The number of nitrogens with zero attached hydrogens (tertiary/aromatic N) is 2.